The maximum absolute atomic E-state index is 11.8. The van der Waals surface area contributed by atoms with Crippen LogP contribution in [0.3, 0.4) is 0 Å². The van der Waals surface area contributed by atoms with E-state index in [9.17, 15) is 9.59 Å². The zero-order valence-corrected chi connectivity index (χ0v) is 15.9. The van der Waals surface area contributed by atoms with Crippen LogP contribution in [0.5, 0.6) is 0 Å². The molecule has 2 amide bonds. The van der Waals surface area contributed by atoms with E-state index in [4.69, 9.17) is 5.73 Å². The van der Waals surface area contributed by atoms with E-state index in [1.54, 1.807) is 4.90 Å². The molecule has 0 unspecified atom stereocenters. The van der Waals surface area contributed by atoms with Crippen molar-refractivity contribution in [2.75, 3.05) is 23.7 Å². The molecule has 1 saturated heterocycles. The molecule has 2 aromatic rings. The van der Waals surface area contributed by atoms with Crippen molar-refractivity contribution in [3.05, 3.63) is 41.6 Å². The van der Waals surface area contributed by atoms with E-state index < -0.39 is 5.91 Å². The Kier molecular flexibility index (Phi) is 5.70. The van der Waals surface area contributed by atoms with E-state index in [1.165, 1.54) is 23.6 Å². The van der Waals surface area contributed by atoms with E-state index in [-0.39, 0.29) is 17.6 Å². The Balaban J connectivity index is 1.77. The summed E-state index contributed by atoms with van der Waals surface area (Å²) >= 11 is 1.51. The molecule has 0 bridgehead atoms. The van der Waals surface area contributed by atoms with E-state index in [1.807, 2.05) is 18.4 Å². The lowest BCUT2D eigenvalue weighted by molar-refractivity contribution is -0.127. The Morgan fingerprint density at radius 3 is 2.96 bits per heavy atom. The Hall–Kier alpha value is -2.94. The van der Waals surface area contributed by atoms with Crippen LogP contribution in [-0.4, -0.2) is 45.8 Å². The Labute approximate surface area is 161 Å². The number of thiophene rings is 1. The molecule has 8 nitrogen and oxygen atoms in total. The van der Waals surface area contributed by atoms with Gasteiger partial charge in [-0.3, -0.25) is 9.59 Å². The second kappa shape index (κ2) is 8.17. The Morgan fingerprint density at radius 2 is 2.30 bits per heavy atom. The summed E-state index contributed by atoms with van der Waals surface area (Å²) < 4.78 is 0. The molecule has 9 heteroatoms. The molecule has 1 aliphatic heterocycles. The van der Waals surface area contributed by atoms with Crippen LogP contribution in [0.2, 0.25) is 0 Å². The average molecular weight is 386 g/mol. The second-order valence-electron chi connectivity index (χ2n) is 6.40. The standard InChI is InChI=1S/C18H22N6O2S/c1-3-15(25)24-6-4-5-12(9-24)21-13-8-20-16(17(19)26)18(22-13)23-14-7-11(2)10-27-14/h3,7-8,10,12H,1,4-6,9H2,2H3,(H2,19,26)(H2,21,22,23)/t12-/m1/s1. The number of anilines is 3. The smallest absolute Gasteiger partial charge is 0.271 e. The van der Waals surface area contributed by atoms with Crippen molar-refractivity contribution in [3.8, 4) is 0 Å². The molecule has 0 aromatic carbocycles. The van der Waals surface area contributed by atoms with E-state index in [0.29, 0.717) is 18.2 Å². The first-order chi connectivity index (χ1) is 13.0. The number of rotatable bonds is 6. The Morgan fingerprint density at radius 1 is 1.48 bits per heavy atom. The predicted molar refractivity (Wildman–Crippen MR) is 106 cm³/mol. The number of amides is 2. The molecule has 27 heavy (non-hydrogen) atoms. The number of carbonyl (C=O) groups excluding carboxylic acids is 2. The minimum absolute atomic E-state index is 0.0493. The number of carbonyl (C=O) groups is 2. The number of aryl methyl sites for hydroxylation is 1. The normalized spacial score (nSPS) is 16.6. The molecule has 0 aliphatic carbocycles. The zero-order chi connectivity index (χ0) is 19.4. The molecular weight excluding hydrogens is 364 g/mol. The number of nitrogens with zero attached hydrogens (tertiary/aromatic N) is 3. The summed E-state index contributed by atoms with van der Waals surface area (Å²) in [4.78, 5) is 33.9. The third kappa shape index (κ3) is 4.62. The molecule has 4 N–H and O–H groups in total. The SMILES string of the molecule is C=CC(=O)N1CCC[C@@H](Nc2cnc(C(N)=O)c(Nc3cc(C)cs3)n2)C1. The predicted octanol–water partition coefficient (Wildman–Crippen LogP) is 2.28. The number of hydrogen-bond acceptors (Lipinski definition) is 7. The van der Waals surface area contributed by atoms with Gasteiger partial charge >= 0.3 is 0 Å². The van der Waals surface area contributed by atoms with Gasteiger partial charge in [0.1, 0.15) is 5.82 Å². The van der Waals surface area contributed by atoms with Gasteiger partial charge in [-0.15, -0.1) is 11.3 Å². The van der Waals surface area contributed by atoms with Gasteiger partial charge in [-0.25, -0.2) is 9.97 Å². The highest BCUT2D eigenvalue weighted by atomic mass is 32.1. The molecule has 1 aliphatic rings. The summed E-state index contributed by atoms with van der Waals surface area (Å²) in [7, 11) is 0. The third-order valence-electron chi connectivity index (χ3n) is 4.24. The largest absolute Gasteiger partial charge is 0.364 e. The van der Waals surface area contributed by atoms with Gasteiger partial charge in [0.25, 0.3) is 5.91 Å². The fourth-order valence-corrected chi connectivity index (χ4v) is 3.76. The number of likely N-dealkylation sites (tertiary alicyclic amines) is 1. The molecule has 3 heterocycles. The average Bonchev–Trinajstić information content (AvgIpc) is 3.06. The monoisotopic (exact) mass is 386 g/mol. The highest BCUT2D eigenvalue weighted by Crippen LogP contribution is 2.25. The van der Waals surface area contributed by atoms with Crippen LogP contribution in [-0.2, 0) is 4.79 Å². The lowest BCUT2D eigenvalue weighted by Gasteiger charge is -2.32. The molecule has 3 rings (SSSR count). The number of nitrogens with two attached hydrogens (primary N) is 1. The highest BCUT2D eigenvalue weighted by molar-refractivity contribution is 7.14. The molecule has 1 atom stereocenters. The van der Waals surface area contributed by atoms with Crippen molar-refractivity contribution in [2.24, 2.45) is 5.73 Å². The van der Waals surface area contributed by atoms with Gasteiger partial charge in [0.15, 0.2) is 11.5 Å². The van der Waals surface area contributed by atoms with Crippen molar-refractivity contribution in [2.45, 2.75) is 25.8 Å². The number of piperidine rings is 1. The first-order valence-corrected chi connectivity index (χ1v) is 9.51. The minimum Gasteiger partial charge on any atom is -0.364 e. The van der Waals surface area contributed by atoms with E-state index in [2.05, 4.69) is 27.2 Å². The van der Waals surface area contributed by atoms with Crippen LogP contribution in [0, 0.1) is 6.92 Å². The summed E-state index contributed by atoms with van der Waals surface area (Å²) in [5.74, 6) is 0.107. The van der Waals surface area contributed by atoms with Crippen LogP contribution in [0.4, 0.5) is 16.6 Å². The third-order valence-corrected chi connectivity index (χ3v) is 5.20. The van der Waals surface area contributed by atoms with Crippen molar-refractivity contribution < 1.29 is 9.59 Å². The van der Waals surface area contributed by atoms with Crippen LogP contribution in [0.25, 0.3) is 0 Å². The number of aromatic nitrogens is 2. The number of hydrogen-bond donors (Lipinski definition) is 3. The molecule has 0 spiro atoms. The molecule has 0 saturated carbocycles. The molecule has 1 fully saturated rings. The van der Waals surface area contributed by atoms with Crippen molar-refractivity contribution in [1.82, 2.24) is 14.9 Å². The first-order valence-electron chi connectivity index (χ1n) is 8.63. The minimum atomic E-state index is -0.648. The van der Waals surface area contributed by atoms with Gasteiger partial charge in [-0.05, 0) is 42.9 Å². The molecular formula is C18H22N6O2S. The summed E-state index contributed by atoms with van der Waals surface area (Å²) in [6.45, 7) is 6.81. The first kappa shape index (κ1) is 18.8. The number of nitrogens with one attached hydrogen (secondary N) is 2. The van der Waals surface area contributed by atoms with Crippen molar-refractivity contribution in [3.63, 3.8) is 0 Å². The van der Waals surface area contributed by atoms with Gasteiger partial charge in [0.05, 0.1) is 11.2 Å². The van der Waals surface area contributed by atoms with E-state index in [0.717, 1.165) is 30.0 Å². The lowest BCUT2D eigenvalue weighted by atomic mass is 10.1. The van der Waals surface area contributed by atoms with Crippen LogP contribution in [0.15, 0.2) is 30.3 Å². The lowest BCUT2D eigenvalue weighted by Crippen LogP contribution is -2.44. The fraction of sp³-hybridized carbons (Fsp3) is 0.333. The van der Waals surface area contributed by atoms with Crippen LogP contribution < -0.4 is 16.4 Å². The van der Waals surface area contributed by atoms with Gasteiger partial charge in [0.2, 0.25) is 5.91 Å². The second-order valence-corrected chi connectivity index (χ2v) is 7.31. The van der Waals surface area contributed by atoms with Crippen LogP contribution >= 0.6 is 11.3 Å². The summed E-state index contributed by atoms with van der Waals surface area (Å²) in [6, 6.07) is 2.00. The summed E-state index contributed by atoms with van der Waals surface area (Å²) in [5, 5.41) is 9.26. The van der Waals surface area contributed by atoms with Crippen molar-refractivity contribution >= 4 is 39.8 Å². The topological polar surface area (TPSA) is 113 Å². The van der Waals surface area contributed by atoms with E-state index >= 15 is 0 Å². The highest BCUT2D eigenvalue weighted by Gasteiger charge is 2.23. The van der Waals surface area contributed by atoms with Gasteiger partial charge < -0.3 is 21.3 Å². The maximum Gasteiger partial charge on any atom is 0.271 e. The van der Waals surface area contributed by atoms with Gasteiger partial charge in [-0.2, -0.15) is 0 Å². The van der Waals surface area contributed by atoms with Crippen LogP contribution in [0.1, 0.15) is 28.9 Å². The Bertz CT molecular complexity index is 865. The molecule has 2 aromatic heterocycles. The quantitative estimate of drug-likeness (QED) is 0.657. The van der Waals surface area contributed by atoms with Crippen molar-refractivity contribution in [1.29, 1.82) is 0 Å². The zero-order valence-electron chi connectivity index (χ0n) is 15.1. The fourth-order valence-electron chi connectivity index (χ4n) is 2.97. The molecule has 0 radical (unpaired) electrons. The van der Waals surface area contributed by atoms with Gasteiger partial charge in [-0.1, -0.05) is 6.58 Å². The molecule has 142 valence electrons. The maximum atomic E-state index is 11.8. The number of primary amides is 1. The summed E-state index contributed by atoms with van der Waals surface area (Å²) in [6.07, 6.45) is 4.62. The van der Waals surface area contributed by atoms with Gasteiger partial charge in [0, 0.05) is 19.1 Å². The summed E-state index contributed by atoms with van der Waals surface area (Å²) in [5.41, 5.74) is 6.62.